The van der Waals surface area contributed by atoms with Crippen molar-refractivity contribution in [3.63, 3.8) is 0 Å². The highest BCUT2D eigenvalue weighted by atomic mass is 32.2. The Kier molecular flexibility index (Phi) is 4.86. The van der Waals surface area contributed by atoms with Crippen LogP contribution in [0.2, 0.25) is 0 Å². The van der Waals surface area contributed by atoms with Crippen molar-refractivity contribution in [2.75, 3.05) is 5.32 Å². The Balaban J connectivity index is 2.25. The van der Waals surface area contributed by atoms with Crippen LogP contribution in [0.5, 0.6) is 0 Å². The molecule has 118 valence electrons. The lowest BCUT2D eigenvalue weighted by Gasteiger charge is -2.33. The number of sulfone groups is 1. The van der Waals surface area contributed by atoms with E-state index in [4.69, 9.17) is 0 Å². The average Bonchev–Trinajstić information content (AvgIpc) is 2.37. The highest BCUT2D eigenvalue weighted by molar-refractivity contribution is 7.91. The zero-order valence-corrected chi connectivity index (χ0v) is 13.0. The first-order chi connectivity index (χ1) is 9.80. The van der Waals surface area contributed by atoms with E-state index in [9.17, 15) is 17.2 Å². The third-order valence-electron chi connectivity index (χ3n) is 3.97. The van der Waals surface area contributed by atoms with Crippen molar-refractivity contribution in [3.05, 3.63) is 24.3 Å². The number of hydrogen-bond acceptors (Lipinski definition) is 3. The molecule has 1 aliphatic rings. The molecule has 2 atom stereocenters. The lowest BCUT2D eigenvalue weighted by molar-refractivity contribution is 0.234. The van der Waals surface area contributed by atoms with Crippen LogP contribution in [0.15, 0.2) is 29.2 Å². The Labute approximate surface area is 124 Å². The Bertz CT molecular complexity index is 579. The third kappa shape index (κ3) is 3.73. The first-order valence-electron chi connectivity index (χ1n) is 7.18. The molecule has 6 heteroatoms. The Morgan fingerprint density at radius 1 is 1.10 bits per heavy atom. The molecule has 2 rings (SSSR count). The number of alkyl halides is 2. The summed E-state index contributed by atoms with van der Waals surface area (Å²) >= 11 is 0. The predicted molar refractivity (Wildman–Crippen MR) is 79.2 cm³/mol. The van der Waals surface area contributed by atoms with Crippen molar-refractivity contribution < 1.29 is 17.2 Å². The van der Waals surface area contributed by atoms with E-state index >= 15 is 0 Å². The number of anilines is 1. The van der Waals surface area contributed by atoms with Crippen LogP contribution < -0.4 is 5.32 Å². The molecular formula is C15H21F2NO2S. The maximum absolute atomic E-state index is 12.8. The van der Waals surface area contributed by atoms with E-state index in [-0.39, 0.29) is 16.6 Å². The van der Waals surface area contributed by atoms with E-state index in [0.29, 0.717) is 11.8 Å². The summed E-state index contributed by atoms with van der Waals surface area (Å²) in [5.74, 6) is -2.31. The first kappa shape index (κ1) is 16.2. The fourth-order valence-corrected chi connectivity index (χ4v) is 4.11. The van der Waals surface area contributed by atoms with Gasteiger partial charge in [-0.2, -0.15) is 8.78 Å². The van der Waals surface area contributed by atoms with Crippen LogP contribution in [0.25, 0.3) is 0 Å². The second kappa shape index (κ2) is 6.30. The van der Waals surface area contributed by atoms with Gasteiger partial charge >= 0.3 is 5.76 Å². The van der Waals surface area contributed by atoms with Gasteiger partial charge in [-0.15, -0.1) is 0 Å². The number of hydrogen-bond donors (Lipinski definition) is 1. The van der Waals surface area contributed by atoms with Gasteiger partial charge in [0.15, 0.2) is 0 Å². The summed E-state index contributed by atoms with van der Waals surface area (Å²) in [6.07, 6.45) is 3.00. The summed E-state index contributed by atoms with van der Waals surface area (Å²) in [6, 6.07) is 6.03. The number of halogens is 2. The Hall–Kier alpha value is -1.17. The maximum Gasteiger partial charge on any atom is 0.341 e. The summed E-state index contributed by atoms with van der Waals surface area (Å²) in [7, 11) is -4.58. The maximum atomic E-state index is 12.8. The van der Waals surface area contributed by atoms with E-state index in [0.717, 1.165) is 19.3 Å². The summed E-state index contributed by atoms with van der Waals surface area (Å²) in [6.45, 7) is 4.32. The van der Waals surface area contributed by atoms with Gasteiger partial charge in [-0.05, 0) is 43.2 Å². The molecule has 1 saturated carbocycles. The van der Waals surface area contributed by atoms with Crippen molar-refractivity contribution >= 4 is 15.5 Å². The van der Waals surface area contributed by atoms with Crippen LogP contribution in [-0.2, 0) is 9.84 Å². The molecule has 0 radical (unpaired) electrons. The summed E-state index contributed by atoms with van der Waals surface area (Å²) in [5, 5.41) is 3.16. The monoisotopic (exact) mass is 317 g/mol. The molecule has 3 nitrogen and oxygen atoms in total. The molecule has 1 N–H and O–H groups in total. The predicted octanol–water partition coefficient (Wildman–Crippen LogP) is 3.92. The summed E-state index contributed by atoms with van der Waals surface area (Å²) in [4.78, 5) is -0.314. The molecule has 0 heterocycles. The van der Waals surface area contributed by atoms with Gasteiger partial charge in [0.1, 0.15) is 0 Å². The van der Waals surface area contributed by atoms with E-state index in [2.05, 4.69) is 19.2 Å². The Morgan fingerprint density at radius 2 is 1.67 bits per heavy atom. The SMILES string of the molecule is CC1CC(C)CC(Nc2ccccc2S(=O)(=O)C(F)F)C1. The van der Waals surface area contributed by atoms with Crippen molar-refractivity contribution in [1.29, 1.82) is 0 Å². The molecule has 2 unspecified atom stereocenters. The van der Waals surface area contributed by atoms with Crippen molar-refractivity contribution in [3.8, 4) is 0 Å². The van der Waals surface area contributed by atoms with Crippen LogP contribution in [0.1, 0.15) is 33.1 Å². The van der Waals surface area contributed by atoms with E-state index in [1.807, 2.05) is 0 Å². The molecule has 0 amide bonds. The highest BCUT2D eigenvalue weighted by Crippen LogP contribution is 2.33. The summed E-state index contributed by atoms with van der Waals surface area (Å²) in [5.41, 5.74) is 0.282. The zero-order chi connectivity index (χ0) is 15.6. The van der Waals surface area contributed by atoms with Crippen LogP contribution in [0.4, 0.5) is 14.5 Å². The minimum Gasteiger partial charge on any atom is -0.381 e. The minimum atomic E-state index is -4.58. The van der Waals surface area contributed by atoms with Crippen molar-refractivity contribution in [1.82, 2.24) is 0 Å². The number of nitrogens with one attached hydrogen (secondary N) is 1. The van der Waals surface area contributed by atoms with Gasteiger partial charge in [0.05, 0.1) is 10.6 Å². The standard InChI is InChI=1S/C15H21F2NO2S/c1-10-7-11(2)9-12(8-10)18-13-5-3-4-6-14(13)21(19,20)15(16)17/h3-6,10-12,15,18H,7-9H2,1-2H3. The van der Waals surface area contributed by atoms with Crippen LogP contribution in [-0.4, -0.2) is 20.2 Å². The second-order valence-corrected chi connectivity index (χ2v) is 7.95. The Morgan fingerprint density at radius 3 is 2.24 bits per heavy atom. The topological polar surface area (TPSA) is 46.2 Å². The number of benzene rings is 1. The van der Waals surface area contributed by atoms with Gasteiger partial charge in [-0.25, -0.2) is 8.42 Å². The molecular weight excluding hydrogens is 296 g/mol. The number of para-hydroxylation sites is 1. The van der Waals surface area contributed by atoms with Crippen LogP contribution >= 0.6 is 0 Å². The normalized spacial score (nSPS) is 26.8. The quantitative estimate of drug-likeness (QED) is 0.915. The molecule has 1 aromatic carbocycles. The molecule has 21 heavy (non-hydrogen) atoms. The van der Waals surface area contributed by atoms with E-state index < -0.39 is 15.6 Å². The first-order valence-corrected chi connectivity index (χ1v) is 8.73. The fraction of sp³-hybridized carbons (Fsp3) is 0.600. The van der Waals surface area contributed by atoms with Gasteiger partial charge in [-0.1, -0.05) is 26.0 Å². The largest absolute Gasteiger partial charge is 0.381 e. The molecule has 1 aliphatic carbocycles. The average molecular weight is 317 g/mol. The van der Waals surface area contributed by atoms with Gasteiger partial charge < -0.3 is 5.32 Å². The van der Waals surface area contributed by atoms with Gasteiger partial charge in [-0.3, -0.25) is 0 Å². The van der Waals surface area contributed by atoms with Gasteiger partial charge in [0.2, 0.25) is 9.84 Å². The molecule has 0 spiro atoms. The molecule has 0 aromatic heterocycles. The molecule has 0 saturated heterocycles. The van der Waals surface area contributed by atoms with Crippen molar-refractivity contribution in [2.45, 2.75) is 49.8 Å². The zero-order valence-electron chi connectivity index (χ0n) is 12.2. The third-order valence-corrected chi connectivity index (χ3v) is 5.40. The van der Waals surface area contributed by atoms with Gasteiger partial charge in [0, 0.05) is 6.04 Å². The van der Waals surface area contributed by atoms with E-state index in [1.165, 1.54) is 12.1 Å². The number of rotatable bonds is 4. The van der Waals surface area contributed by atoms with Gasteiger partial charge in [0.25, 0.3) is 0 Å². The molecule has 1 fully saturated rings. The smallest absolute Gasteiger partial charge is 0.341 e. The lowest BCUT2D eigenvalue weighted by Crippen LogP contribution is -2.31. The van der Waals surface area contributed by atoms with Crippen LogP contribution in [0, 0.1) is 11.8 Å². The fourth-order valence-electron chi connectivity index (χ4n) is 3.21. The summed E-state index contributed by atoms with van der Waals surface area (Å²) < 4.78 is 49.0. The highest BCUT2D eigenvalue weighted by Gasteiger charge is 2.30. The lowest BCUT2D eigenvalue weighted by atomic mass is 9.80. The minimum absolute atomic E-state index is 0.123. The second-order valence-electron chi connectivity index (χ2n) is 6.06. The van der Waals surface area contributed by atoms with Crippen LogP contribution in [0.3, 0.4) is 0 Å². The molecule has 0 aliphatic heterocycles. The molecule has 1 aromatic rings. The van der Waals surface area contributed by atoms with E-state index in [1.54, 1.807) is 12.1 Å². The molecule has 0 bridgehead atoms. The van der Waals surface area contributed by atoms with Crippen molar-refractivity contribution in [2.24, 2.45) is 11.8 Å².